The van der Waals surface area contributed by atoms with Gasteiger partial charge in [-0.3, -0.25) is 9.78 Å². The molecule has 0 atom stereocenters. The van der Waals surface area contributed by atoms with Crippen molar-refractivity contribution < 1.29 is 19.7 Å². The van der Waals surface area contributed by atoms with E-state index in [2.05, 4.69) is 4.98 Å². The van der Waals surface area contributed by atoms with Gasteiger partial charge in [-0.05, 0) is 31.0 Å². The molecule has 2 aromatic carbocycles. The zero-order chi connectivity index (χ0) is 20.5. The van der Waals surface area contributed by atoms with Crippen molar-refractivity contribution in [2.24, 2.45) is 0 Å². The second-order valence-corrected chi connectivity index (χ2v) is 7.29. The van der Waals surface area contributed by atoms with Gasteiger partial charge in [0.1, 0.15) is 29.4 Å². The Balaban J connectivity index is 1.66. The van der Waals surface area contributed by atoms with Crippen LogP contribution in [0.3, 0.4) is 0 Å². The molecule has 0 radical (unpaired) electrons. The lowest BCUT2D eigenvalue weighted by Gasteiger charge is -2.21. The standard InChI is InChI=1S/C23H22N2O4/c1-14-5-3-6-16(9-14)13-29-22-15(2)19(26)10-20(27)21(22)23(28)25-11-17-7-4-8-24-18(17)12-25/h3-10,26-27H,11-13H2,1-2H3. The summed E-state index contributed by atoms with van der Waals surface area (Å²) in [7, 11) is 0. The van der Waals surface area contributed by atoms with Crippen molar-refractivity contribution in [2.45, 2.75) is 33.5 Å². The maximum atomic E-state index is 13.3. The summed E-state index contributed by atoms with van der Waals surface area (Å²) >= 11 is 0. The summed E-state index contributed by atoms with van der Waals surface area (Å²) in [6, 6.07) is 12.8. The predicted molar refractivity (Wildman–Crippen MR) is 108 cm³/mol. The van der Waals surface area contributed by atoms with Crippen molar-refractivity contribution in [3.63, 3.8) is 0 Å². The number of aryl methyl sites for hydroxylation is 1. The van der Waals surface area contributed by atoms with Gasteiger partial charge >= 0.3 is 0 Å². The second kappa shape index (κ2) is 7.47. The molecular formula is C23H22N2O4. The number of phenolic OH excluding ortho intramolecular Hbond substituents is 2. The first-order valence-electron chi connectivity index (χ1n) is 9.40. The van der Waals surface area contributed by atoms with Crippen LogP contribution in [0.5, 0.6) is 17.2 Å². The van der Waals surface area contributed by atoms with E-state index in [-0.39, 0.29) is 35.3 Å². The van der Waals surface area contributed by atoms with Crippen LogP contribution >= 0.6 is 0 Å². The van der Waals surface area contributed by atoms with Crippen LogP contribution in [-0.4, -0.2) is 26.0 Å². The second-order valence-electron chi connectivity index (χ2n) is 7.29. The quantitative estimate of drug-likeness (QED) is 0.707. The number of aromatic nitrogens is 1. The van der Waals surface area contributed by atoms with Gasteiger partial charge in [0, 0.05) is 24.4 Å². The molecule has 1 amide bonds. The Hall–Kier alpha value is -3.54. The molecule has 1 aliphatic heterocycles. The van der Waals surface area contributed by atoms with Crippen molar-refractivity contribution in [2.75, 3.05) is 0 Å². The van der Waals surface area contributed by atoms with Crippen molar-refractivity contribution in [3.05, 3.63) is 82.2 Å². The minimum absolute atomic E-state index is 0.0563. The number of carbonyl (C=O) groups is 1. The van der Waals surface area contributed by atoms with Crippen molar-refractivity contribution >= 4 is 5.91 Å². The monoisotopic (exact) mass is 390 g/mol. The van der Waals surface area contributed by atoms with Gasteiger partial charge in [-0.25, -0.2) is 0 Å². The van der Waals surface area contributed by atoms with Crippen LogP contribution in [-0.2, 0) is 19.7 Å². The Bertz CT molecular complexity index is 1070. The summed E-state index contributed by atoms with van der Waals surface area (Å²) in [5, 5.41) is 20.6. The smallest absolute Gasteiger partial charge is 0.262 e. The number of hydrogen-bond acceptors (Lipinski definition) is 5. The van der Waals surface area contributed by atoms with Gasteiger partial charge in [0.2, 0.25) is 0 Å². The summed E-state index contributed by atoms with van der Waals surface area (Å²) in [5.41, 5.74) is 4.33. The highest BCUT2D eigenvalue weighted by atomic mass is 16.5. The van der Waals surface area contributed by atoms with Gasteiger partial charge < -0.3 is 19.8 Å². The SMILES string of the molecule is Cc1cccc(COc2c(C)c(O)cc(O)c2C(=O)N2Cc3cccnc3C2)c1. The summed E-state index contributed by atoms with van der Waals surface area (Å²) in [5.74, 6) is -0.591. The fourth-order valence-electron chi connectivity index (χ4n) is 3.58. The average Bonchev–Trinajstić information content (AvgIpc) is 3.13. The fraction of sp³-hybridized carbons (Fsp3) is 0.217. The highest BCUT2D eigenvalue weighted by Gasteiger charge is 2.30. The third kappa shape index (κ3) is 3.61. The third-order valence-corrected chi connectivity index (χ3v) is 5.13. The molecule has 1 aliphatic rings. The Morgan fingerprint density at radius 1 is 1.10 bits per heavy atom. The molecule has 29 heavy (non-hydrogen) atoms. The molecule has 148 valence electrons. The largest absolute Gasteiger partial charge is 0.507 e. The third-order valence-electron chi connectivity index (χ3n) is 5.13. The van der Waals surface area contributed by atoms with Crippen molar-refractivity contribution in [1.82, 2.24) is 9.88 Å². The highest BCUT2D eigenvalue weighted by molar-refractivity contribution is 6.00. The molecule has 4 rings (SSSR count). The van der Waals surface area contributed by atoms with Crippen molar-refractivity contribution in [1.29, 1.82) is 0 Å². The zero-order valence-electron chi connectivity index (χ0n) is 16.3. The number of aromatic hydroxyl groups is 2. The van der Waals surface area contributed by atoms with E-state index in [0.717, 1.165) is 22.4 Å². The number of pyridine rings is 1. The van der Waals surface area contributed by atoms with Gasteiger partial charge in [-0.15, -0.1) is 0 Å². The number of phenols is 2. The minimum Gasteiger partial charge on any atom is -0.507 e. The first-order valence-corrected chi connectivity index (χ1v) is 9.40. The maximum absolute atomic E-state index is 13.3. The number of benzene rings is 2. The summed E-state index contributed by atoms with van der Waals surface area (Å²) in [6.45, 7) is 4.65. The van der Waals surface area contributed by atoms with Crippen LogP contribution in [0.1, 0.15) is 38.3 Å². The minimum atomic E-state index is -0.358. The average molecular weight is 390 g/mol. The van der Waals surface area contributed by atoms with E-state index in [1.54, 1.807) is 18.0 Å². The number of carbonyl (C=O) groups excluding carboxylic acids is 1. The molecule has 0 saturated carbocycles. The lowest BCUT2D eigenvalue weighted by atomic mass is 10.1. The van der Waals surface area contributed by atoms with Gasteiger partial charge in [0.25, 0.3) is 5.91 Å². The van der Waals surface area contributed by atoms with Crippen LogP contribution in [0.25, 0.3) is 0 Å². The topological polar surface area (TPSA) is 82.9 Å². The van der Waals surface area contributed by atoms with E-state index in [4.69, 9.17) is 4.74 Å². The fourth-order valence-corrected chi connectivity index (χ4v) is 3.58. The zero-order valence-corrected chi connectivity index (χ0v) is 16.3. The van der Waals surface area contributed by atoms with E-state index < -0.39 is 0 Å². The number of nitrogens with zero attached hydrogens (tertiary/aromatic N) is 2. The first-order chi connectivity index (χ1) is 13.9. The molecule has 2 N–H and O–H groups in total. The van der Waals surface area contributed by atoms with E-state index >= 15 is 0 Å². The number of ether oxygens (including phenoxy) is 1. The van der Waals surface area contributed by atoms with Gasteiger partial charge in [-0.2, -0.15) is 0 Å². The van der Waals surface area contributed by atoms with Gasteiger partial charge in [0.05, 0.1) is 12.2 Å². The van der Waals surface area contributed by atoms with Crippen LogP contribution in [0.4, 0.5) is 0 Å². The molecule has 0 saturated heterocycles. The Kier molecular flexibility index (Phi) is 4.84. The van der Waals surface area contributed by atoms with Crippen LogP contribution in [0.15, 0.2) is 48.7 Å². The maximum Gasteiger partial charge on any atom is 0.262 e. The summed E-state index contributed by atoms with van der Waals surface area (Å²) in [6.07, 6.45) is 1.70. The molecule has 0 bridgehead atoms. The molecule has 6 nitrogen and oxygen atoms in total. The number of rotatable bonds is 4. The molecule has 0 spiro atoms. The number of hydrogen-bond donors (Lipinski definition) is 2. The van der Waals surface area contributed by atoms with Gasteiger partial charge in [0.15, 0.2) is 0 Å². The van der Waals surface area contributed by atoms with Gasteiger partial charge in [-0.1, -0.05) is 35.9 Å². The molecule has 0 unspecified atom stereocenters. The molecule has 0 aliphatic carbocycles. The molecule has 3 aromatic rings. The van der Waals surface area contributed by atoms with E-state index in [1.807, 2.05) is 43.3 Å². The molecule has 6 heteroatoms. The summed E-state index contributed by atoms with van der Waals surface area (Å²) in [4.78, 5) is 19.2. The highest BCUT2D eigenvalue weighted by Crippen LogP contribution is 2.39. The number of amides is 1. The van der Waals surface area contributed by atoms with Crippen molar-refractivity contribution in [3.8, 4) is 17.2 Å². The van der Waals surface area contributed by atoms with Crippen LogP contribution in [0.2, 0.25) is 0 Å². The summed E-state index contributed by atoms with van der Waals surface area (Å²) < 4.78 is 5.95. The lowest BCUT2D eigenvalue weighted by Crippen LogP contribution is -2.26. The number of fused-ring (bicyclic) bond motifs is 1. The van der Waals surface area contributed by atoms with E-state index in [0.29, 0.717) is 18.7 Å². The molecule has 0 fully saturated rings. The van der Waals surface area contributed by atoms with E-state index in [9.17, 15) is 15.0 Å². The van der Waals surface area contributed by atoms with E-state index in [1.165, 1.54) is 6.07 Å². The first kappa shape index (κ1) is 18.8. The molecular weight excluding hydrogens is 368 g/mol. The Morgan fingerprint density at radius 3 is 2.69 bits per heavy atom. The Labute approximate surface area is 169 Å². The predicted octanol–water partition coefficient (Wildman–Crippen LogP) is 3.84. The molecule has 1 aromatic heterocycles. The normalized spacial score (nSPS) is 12.7. The lowest BCUT2D eigenvalue weighted by molar-refractivity contribution is 0.0741. The molecule has 2 heterocycles. The van der Waals surface area contributed by atoms with Crippen LogP contribution in [0, 0.1) is 13.8 Å². The van der Waals surface area contributed by atoms with Crippen LogP contribution < -0.4 is 4.74 Å². The Morgan fingerprint density at radius 2 is 1.93 bits per heavy atom.